The minimum absolute atomic E-state index is 0.411. The molecule has 2 rings (SSSR count). The molecule has 1 amide bonds. The third-order valence-electron chi connectivity index (χ3n) is 3.64. The van der Waals surface area contributed by atoms with Crippen LogP contribution in [0.15, 0.2) is 24.3 Å². The summed E-state index contributed by atoms with van der Waals surface area (Å²) in [6.07, 6.45) is 1.05. The average molecular weight is 309 g/mol. The van der Waals surface area contributed by atoms with Gasteiger partial charge in [-0.15, -0.1) is 0 Å². The van der Waals surface area contributed by atoms with Crippen LogP contribution in [0.4, 0.5) is 0 Å². The second-order valence-electron chi connectivity index (χ2n) is 5.62. The molecule has 0 aliphatic rings. The highest BCUT2D eigenvalue weighted by Gasteiger charge is 2.39. The van der Waals surface area contributed by atoms with Crippen LogP contribution in [0.5, 0.6) is 0 Å². The van der Waals surface area contributed by atoms with E-state index in [1.54, 1.807) is 6.92 Å². The van der Waals surface area contributed by atoms with Crippen LogP contribution < -0.4 is 5.32 Å². The van der Waals surface area contributed by atoms with E-state index in [9.17, 15) is 13.2 Å². The number of carbonyl (C=O) groups is 1. The molecule has 0 radical (unpaired) electrons. The van der Waals surface area contributed by atoms with Gasteiger partial charge in [-0.05, 0) is 32.9 Å². The second-order valence-corrected chi connectivity index (χ2v) is 8.18. The van der Waals surface area contributed by atoms with Gasteiger partial charge in [-0.25, -0.2) is 13.4 Å². The van der Waals surface area contributed by atoms with Crippen LogP contribution in [0.2, 0.25) is 0 Å². The maximum absolute atomic E-state index is 12.2. The van der Waals surface area contributed by atoms with Crippen molar-refractivity contribution in [2.24, 2.45) is 0 Å². The molecule has 0 aliphatic carbocycles. The van der Waals surface area contributed by atoms with Crippen molar-refractivity contribution in [1.29, 1.82) is 0 Å². The van der Waals surface area contributed by atoms with E-state index in [0.29, 0.717) is 5.82 Å². The van der Waals surface area contributed by atoms with Crippen LogP contribution >= 0.6 is 0 Å². The van der Waals surface area contributed by atoms with Crippen molar-refractivity contribution in [2.45, 2.75) is 31.6 Å². The minimum Gasteiger partial charge on any atom is -0.345 e. The molecule has 21 heavy (non-hydrogen) atoms. The zero-order valence-electron chi connectivity index (χ0n) is 12.5. The fourth-order valence-corrected chi connectivity index (χ4v) is 2.18. The molecule has 0 saturated carbocycles. The molecule has 0 saturated heterocycles. The summed E-state index contributed by atoms with van der Waals surface area (Å²) in [6.45, 7) is 4.54. The van der Waals surface area contributed by atoms with E-state index in [-0.39, 0.29) is 0 Å². The van der Waals surface area contributed by atoms with E-state index in [0.717, 1.165) is 17.3 Å². The first-order valence-corrected chi connectivity index (χ1v) is 8.47. The molecular formula is C14H19N3O3S. The Bertz CT molecular complexity index is 745. The van der Waals surface area contributed by atoms with E-state index in [4.69, 9.17) is 0 Å². The number of amides is 1. The summed E-state index contributed by atoms with van der Waals surface area (Å²) < 4.78 is 21.9. The van der Waals surface area contributed by atoms with Crippen molar-refractivity contribution in [2.75, 3.05) is 6.26 Å². The van der Waals surface area contributed by atoms with E-state index in [2.05, 4.69) is 15.3 Å². The van der Waals surface area contributed by atoms with E-state index in [1.807, 2.05) is 24.3 Å². The number of nitrogens with zero attached hydrogens (tertiary/aromatic N) is 1. The molecule has 2 aromatic rings. The van der Waals surface area contributed by atoms with Crippen molar-refractivity contribution in [3.8, 4) is 0 Å². The highest BCUT2D eigenvalue weighted by molar-refractivity contribution is 7.92. The third kappa shape index (κ3) is 2.92. The zero-order valence-corrected chi connectivity index (χ0v) is 13.3. The Morgan fingerprint density at radius 2 is 1.95 bits per heavy atom. The number of H-pyrrole nitrogens is 1. The molecule has 1 unspecified atom stereocenters. The number of aromatic amines is 1. The second kappa shape index (κ2) is 5.14. The standard InChI is InChI=1S/C14H19N3O3S/c1-9(15-13(18)14(2,3)21(4,19)20)12-16-10-7-5-6-8-11(10)17-12/h5-9H,1-4H3,(H,15,18)(H,16,17). The number of benzene rings is 1. The lowest BCUT2D eigenvalue weighted by molar-refractivity contribution is -0.123. The van der Waals surface area contributed by atoms with E-state index >= 15 is 0 Å². The number of para-hydroxylation sites is 2. The molecule has 7 heteroatoms. The van der Waals surface area contributed by atoms with Gasteiger partial charge in [-0.3, -0.25) is 4.79 Å². The topological polar surface area (TPSA) is 91.9 Å². The molecule has 114 valence electrons. The van der Waals surface area contributed by atoms with Crippen molar-refractivity contribution in [3.05, 3.63) is 30.1 Å². The highest BCUT2D eigenvalue weighted by Crippen LogP contribution is 2.19. The number of sulfone groups is 1. The maximum atomic E-state index is 12.2. The first-order chi connectivity index (χ1) is 9.63. The SMILES string of the molecule is CC(NC(=O)C(C)(C)S(C)(=O)=O)c1nc2ccccc2[nH]1. The van der Waals surface area contributed by atoms with Crippen molar-refractivity contribution in [3.63, 3.8) is 0 Å². The summed E-state index contributed by atoms with van der Waals surface area (Å²) in [5, 5.41) is 2.69. The van der Waals surface area contributed by atoms with Crippen molar-refractivity contribution in [1.82, 2.24) is 15.3 Å². The molecule has 1 aromatic heterocycles. The minimum atomic E-state index is -3.50. The molecule has 0 bridgehead atoms. The normalized spacial score (nSPS) is 14.1. The van der Waals surface area contributed by atoms with E-state index in [1.165, 1.54) is 13.8 Å². The highest BCUT2D eigenvalue weighted by atomic mass is 32.2. The molecule has 0 aliphatic heterocycles. The van der Waals surface area contributed by atoms with E-state index < -0.39 is 26.5 Å². The average Bonchev–Trinajstić information content (AvgIpc) is 2.80. The molecule has 1 aromatic carbocycles. The molecule has 2 N–H and O–H groups in total. The summed E-state index contributed by atoms with van der Waals surface area (Å²) >= 11 is 0. The quantitative estimate of drug-likeness (QED) is 0.896. The number of hydrogen-bond acceptors (Lipinski definition) is 4. The lowest BCUT2D eigenvalue weighted by Gasteiger charge is -2.23. The number of carbonyl (C=O) groups excluding carboxylic acids is 1. The van der Waals surface area contributed by atoms with Gasteiger partial charge >= 0.3 is 0 Å². The Morgan fingerprint density at radius 3 is 2.52 bits per heavy atom. The predicted octanol–water partition coefficient (Wildman–Crippen LogP) is 1.56. The summed E-state index contributed by atoms with van der Waals surface area (Å²) in [6, 6.07) is 7.11. The van der Waals surface area contributed by atoms with Gasteiger partial charge in [0.25, 0.3) is 0 Å². The maximum Gasteiger partial charge on any atom is 0.241 e. The Labute approximate surface area is 123 Å². The van der Waals surface area contributed by atoms with Gasteiger partial charge in [0.05, 0.1) is 17.1 Å². The van der Waals surface area contributed by atoms with Crippen LogP contribution in [0, 0.1) is 0 Å². The molecule has 1 heterocycles. The van der Waals surface area contributed by atoms with Crippen LogP contribution in [0.3, 0.4) is 0 Å². The Balaban J connectivity index is 2.21. The summed E-state index contributed by atoms with van der Waals surface area (Å²) in [7, 11) is -3.50. The van der Waals surface area contributed by atoms with Gasteiger partial charge in [0.1, 0.15) is 10.6 Å². The van der Waals surface area contributed by atoms with Crippen LogP contribution in [-0.4, -0.2) is 35.3 Å². The van der Waals surface area contributed by atoms with Crippen LogP contribution in [-0.2, 0) is 14.6 Å². The van der Waals surface area contributed by atoms with Crippen LogP contribution in [0.25, 0.3) is 11.0 Å². The number of aromatic nitrogens is 2. The number of rotatable bonds is 4. The summed E-state index contributed by atoms with van der Waals surface area (Å²) in [5.74, 6) is 0.0480. The Kier molecular flexibility index (Phi) is 3.79. The summed E-state index contributed by atoms with van der Waals surface area (Å²) in [4.78, 5) is 19.7. The Hall–Kier alpha value is -1.89. The predicted molar refractivity (Wildman–Crippen MR) is 81.6 cm³/mol. The molecule has 0 spiro atoms. The lowest BCUT2D eigenvalue weighted by atomic mass is 10.1. The first-order valence-electron chi connectivity index (χ1n) is 6.58. The van der Waals surface area contributed by atoms with Crippen molar-refractivity contribution >= 4 is 26.8 Å². The smallest absolute Gasteiger partial charge is 0.241 e. The fraction of sp³-hybridized carbons (Fsp3) is 0.429. The monoisotopic (exact) mass is 309 g/mol. The Morgan fingerprint density at radius 1 is 1.33 bits per heavy atom. The number of fused-ring (bicyclic) bond motifs is 1. The van der Waals surface area contributed by atoms with Gasteiger partial charge in [0.2, 0.25) is 5.91 Å². The fourth-order valence-electron chi connectivity index (χ4n) is 1.78. The molecule has 1 atom stereocenters. The largest absolute Gasteiger partial charge is 0.345 e. The van der Waals surface area contributed by atoms with Gasteiger partial charge in [-0.1, -0.05) is 12.1 Å². The van der Waals surface area contributed by atoms with Gasteiger partial charge in [0.15, 0.2) is 9.84 Å². The van der Waals surface area contributed by atoms with Gasteiger partial charge < -0.3 is 10.3 Å². The van der Waals surface area contributed by atoms with Gasteiger partial charge in [0, 0.05) is 6.26 Å². The number of hydrogen-bond donors (Lipinski definition) is 2. The van der Waals surface area contributed by atoms with Crippen LogP contribution in [0.1, 0.15) is 32.6 Å². The van der Waals surface area contributed by atoms with Crippen molar-refractivity contribution < 1.29 is 13.2 Å². The molecular weight excluding hydrogens is 290 g/mol. The van der Waals surface area contributed by atoms with Gasteiger partial charge in [-0.2, -0.15) is 0 Å². The third-order valence-corrected chi connectivity index (χ3v) is 5.68. The number of imidazole rings is 1. The zero-order chi connectivity index (χ0) is 15.8. The summed E-state index contributed by atoms with van der Waals surface area (Å²) in [5.41, 5.74) is 1.67. The number of nitrogens with one attached hydrogen (secondary N) is 2. The molecule has 6 nitrogen and oxygen atoms in total. The molecule has 0 fully saturated rings. The first kappa shape index (κ1) is 15.5. The lowest BCUT2D eigenvalue weighted by Crippen LogP contribution is -2.48.